The number of methoxy groups -OCH3 is 1. The third kappa shape index (κ3) is 4.19. The summed E-state index contributed by atoms with van der Waals surface area (Å²) in [6, 6.07) is 0. The first-order valence-corrected chi connectivity index (χ1v) is 6.72. The molecular weight excluding hydrogens is 223 g/mol. The Kier molecular flexibility index (Phi) is 5.19. The number of hydrogen-bond acceptors (Lipinski definition) is 3. The Morgan fingerprint density at radius 2 is 1.88 bits per heavy atom. The summed E-state index contributed by atoms with van der Waals surface area (Å²) in [5, 5.41) is 0. The molecular formula is C13H23FO3. The molecule has 1 heterocycles. The standard InChI is InChI=1S/C13H23FO3/c1-15-13-4-2-3-12(17-13)9-16-11-7-5-10(14)6-8-11/h10-13H,2-9H2,1H3/t10?,11?,12-,13?/m0/s1. The van der Waals surface area contributed by atoms with Crippen LogP contribution in [-0.2, 0) is 14.2 Å². The Morgan fingerprint density at radius 3 is 2.59 bits per heavy atom. The summed E-state index contributed by atoms with van der Waals surface area (Å²) in [5.41, 5.74) is 0. The zero-order chi connectivity index (χ0) is 12.1. The van der Waals surface area contributed by atoms with Gasteiger partial charge in [-0.05, 0) is 44.9 Å². The molecule has 1 saturated heterocycles. The van der Waals surface area contributed by atoms with E-state index >= 15 is 0 Å². The van der Waals surface area contributed by atoms with Crippen LogP contribution in [0.5, 0.6) is 0 Å². The van der Waals surface area contributed by atoms with Crippen LogP contribution in [0.1, 0.15) is 44.9 Å². The Bertz CT molecular complexity index is 217. The van der Waals surface area contributed by atoms with Gasteiger partial charge in [0.15, 0.2) is 6.29 Å². The molecule has 1 aliphatic heterocycles. The molecule has 0 spiro atoms. The van der Waals surface area contributed by atoms with Gasteiger partial charge in [0.1, 0.15) is 6.17 Å². The molecule has 100 valence electrons. The van der Waals surface area contributed by atoms with E-state index in [-0.39, 0.29) is 18.5 Å². The number of hydrogen-bond donors (Lipinski definition) is 0. The third-order valence-electron chi connectivity index (χ3n) is 3.69. The molecule has 1 unspecified atom stereocenters. The maximum atomic E-state index is 13.0. The van der Waals surface area contributed by atoms with Crippen molar-refractivity contribution < 1.29 is 18.6 Å². The number of alkyl halides is 1. The van der Waals surface area contributed by atoms with Gasteiger partial charge in [-0.2, -0.15) is 0 Å². The second-order valence-electron chi connectivity index (χ2n) is 5.06. The van der Waals surface area contributed by atoms with Crippen LogP contribution in [0.2, 0.25) is 0 Å². The van der Waals surface area contributed by atoms with Crippen molar-refractivity contribution >= 4 is 0 Å². The first kappa shape index (κ1) is 13.2. The first-order chi connectivity index (χ1) is 8.28. The van der Waals surface area contributed by atoms with E-state index in [2.05, 4.69) is 0 Å². The second kappa shape index (κ2) is 6.66. The van der Waals surface area contributed by atoms with Gasteiger partial charge in [0.05, 0.1) is 18.8 Å². The van der Waals surface area contributed by atoms with Gasteiger partial charge in [0, 0.05) is 7.11 Å². The Labute approximate surface area is 103 Å². The Balaban J connectivity index is 1.64. The topological polar surface area (TPSA) is 27.7 Å². The van der Waals surface area contributed by atoms with Crippen LogP contribution >= 0.6 is 0 Å². The summed E-state index contributed by atoms with van der Waals surface area (Å²) in [6.45, 7) is 0.626. The number of halogens is 1. The largest absolute Gasteiger partial charge is 0.376 e. The molecule has 0 N–H and O–H groups in total. The molecule has 0 amide bonds. The molecule has 0 bridgehead atoms. The molecule has 3 nitrogen and oxygen atoms in total. The lowest BCUT2D eigenvalue weighted by Gasteiger charge is -2.31. The first-order valence-electron chi connectivity index (χ1n) is 6.72. The number of ether oxygens (including phenoxy) is 3. The van der Waals surface area contributed by atoms with Crippen LogP contribution in [0.15, 0.2) is 0 Å². The zero-order valence-corrected chi connectivity index (χ0v) is 10.6. The van der Waals surface area contributed by atoms with Crippen molar-refractivity contribution in [3.63, 3.8) is 0 Å². The van der Waals surface area contributed by atoms with Gasteiger partial charge in [-0.1, -0.05) is 0 Å². The van der Waals surface area contributed by atoms with E-state index < -0.39 is 6.17 Å². The van der Waals surface area contributed by atoms with E-state index in [1.807, 2.05) is 0 Å². The minimum atomic E-state index is -0.612. The van der Waals surface area contributed by atoms with Crippen molar-refractivity contribution in [3.8, 4) is 0 Å². The maximum Gasteiger partial charge on any atom is 0.157 e. The molecule has 0 aromatic carbocycles. The molecule has 0 aromatic rings. The van der Waals surface area contributed by atoms with Crippen LogP contribution in [-0.4, -0.2) is 38.4 Å². The lowest BCUT2D eigenvalue weighted by atomic mass is 9.96. The summed E-state index contributed by atoms with van der Waals surface area (Å²) in [7, 11) is 1.68. The van der Waals surface area contributed by atoms with Crippen molar-refractivity contribution in [1.29, 1.82) is 0 Å². The highest BCUT2D eigenvalue weighted by atomic mass is 19.1. The van der Waals surface area contributed by atoms with Gasteiger partial charge in [0.2, 0.25) is 0 Å². The normalized spacial score (nSPS) is 39.2. The fourth-order valence-electron chi connectivity index (χ4n) is 2.59. The van der Waals surface area contributed by atoms with E-state index in [0.29, 0.717) is 19.4 Å². The molecule has 0 aromatic heterocycles. The molecule has 4 heteroatoms. The zero-order valence-electron chi connectivity index (χ0n) is 10.6. The predicted octanol–water partition coefficient (Wildman–Crippen LogP) is 2.83. The van der Waals surface area contributed by atoms with Crippen molar-refractivity contribution in [3.05, 3.63) is 0 Å². The average Bonchev–Trinajstić information content (AvgIpc) is 2.38. The molecule has 2 rings (SSSR count). The highest BCUT2D eigenvalue weighted by Gasteiger charge is 2.25. The summed E-state index contributed by atoms with van der Waals surface area (Å²) in [5.74, 6) is 0. The number of rotatable bonds is 4. The van der Waals surface area contributed by atoms with Crippen LogP contribution in [0.3, 0.4) is 0 Å². The SMILES string of the molecule is COC1CCC[C@@H](COC2CCC(F)CC2)O1. The minimum absolute atomic E-state index is 0.0704. The lowest BCUT2D eigenvalue weighted by molar-refractivity contribution is -0.197. The summed E-state index contributed by atoms with van der Waals surface area (Å²) in [6.07, 6.45) is 5.84. The summed E-state index contributed by atoms with van der Waals surface area (Å²) in [4.78, 5) is 0. The quantitative estimate of drug-likeness (QED) is 0.763. The second-order valence-corrected chi connectivity index (χ2v) is 5.06. The maximum absolute atomic E-state index is 13.0. The van der Waals surface area contributed by atoms with Gasteiger partial charge in [-0.15, -0.1) is 0 Å². The molecule has 17 heavy (non-hydrogen) atoms. The van der Waals surface area contributed by atoms with E-state index in [4.69, 9.17) is 14.2 Å². The van der Waals surface area contributed by atoms with Crippen molar-refractivity contribution in [2.75, 3.05) is 13.7 Å². The van der Waals surface area contributed by atoms with E-state index in [1.165, 1.54) is 0 Å². The summed E-state index contributed by atoms with van der Waals surface area (Å²) < 4.78 is 29.7. The third-order valence-corrected chi connectivity index (χ3v) is 3.69. The van der Waals surface area contributed by atoms with Crippen molar-refractivity contribution in [2.24, 2.45) is 0 Å². The summed E-state index contributed by atoms with van der Waals surface area (Å²) >= 11 is 0. The van der Waals surface area contributed by atoms with Crippen LogP contribution in [0, 0.1) is 0 Å². The van der Waals surface area contributed by atoms with Crippen molar-refractivity contribution in [1.82, 2.24) is 0 Å². The lowest BCUT2D eigenvalue weighted by Crippen LogP contribution is -2.34. The highest BCUT2D eigenvalue weighted by Crippen LogP contribution is 2.25. The van der Waals surface area contributed by atoms with Crippen LogP contribution < -0.4 is 0 Å². The van der Waals surface area contributed by atoms with Crippen molar-refractivity contribution in [2.45, 2.75) is 69.6 Å². The molecule has 0 radical (unpaired) electrons. The molecule has 1 aliphatic carbocycles. The smallest absolute Gasteiger partial charge is 0.157 e. The molecule has 2 atom stereocenters. The van der Waals surface area contributed by atoms with E-state index in [1.54, 1.807) is 7.11 Å². The molecule has 2 fully saturated rings. The van der Waals surface area contributed by atoms with Gasteiger partial charge >= 0.3 is 0 Å². The van der Waals surface area contributed by atoms with Gasteiger partial charge in [-0.25, -0.2) is 4.39 Å². The van der Waals surface area contributed by atoms with Gasteiger partial charge < -0.3 is 14.2 Å². The Hall–Kier alpha value is -0.190. The minimum Gasteiger partial charge on any atom is -0.376 e. The average molecular weight is 246 g/mol. The Morgan fingerprint density at radius 1 is 1.12 bits per heavy atom. The predicted molar refractivity (Wildman–Crippen MR) is 62.6 cm³/mol. The monoisotopic (exact) mass is 246 g/mol. The van der Waals surface area contributed by atoms with Gasteiger partial charge in [0.25, 0.3) is 0 Å². The fraction of sp³-hybridized carbons (Fsp3) is 1.00. The molecule has 1 saturated carbocycles. The van der Waals surface area contributed by atoms with Crippen LogP contribution in [0.25, 0.3) is 0 Å². The van der Waals surface area contributed by atoms with E-state index in [9.17, 15) is 4.39 Å². The van der Waals surface area contributed by atoms with E-state index in [0.717, 1.165) is 32.1 Å². The van der Waals surface area contributed by atoms with Gasteiger partial charge in [-0.3, -0.25) is 0 Å². The van der Waals surface area contributed by atoms with Crippen LogP contribution in [0.4, 0.5) is 4.39 Å². The fourth-order valence-corrected chi connectivity index (χ4v) is 2.59. The molecule has 2 aliphatic rings. The highest BCUT2D eigenvalue weighted by molar-refractivity contribution is 4.73.